The van der Waals surface area contributed by atoms with Crippen LogP contribution in [0, 0.1) is 0 Å². The Morgan fingerprint density at radius 3 is 2.76 bits per heavy atom. The number of aromatic nitrogens is 2. The molecule has 132 valence electrons. The van der Waals surface area contributed by atoms with Gasteiger partial charge in [-0.2, -0.15) is 0 Å². The number of aromatic carboxylic acids is 1. The van der Waals surface area contributed by atoms with Crippen molar-refractivity contribution in [1.82, 2.24) is 14.5 Å². The Bertz CT molecular complexity index is 900. The Morgan fingerprint density at radius 2 is 2.16 bits per heavy atom. The fourth-order valence-electron chi connectivity index (χ4n) is 3.05. The van der Waals surface area contributed by atoms with Crippen LogP contribution in [0.5, 0.6) is 0 Å². The van der Waals surface area contributed by atoms with Gasteiger partial charge in [-0.1, -0.05) is 6.92 Å². The van der Waals surface area contributed by atoms with Crippen molar-refractivity contribution >= 4 is 23.2 Å². The highest BCUT2D eigenvalue weighted by Gasteiger charge is 2.27. The highest BCUT2D eigenvalue weighted by Crippen LogP contribution is 2.21. The van der Waals surface area contributed by atoms with E-state index in [-0.39, 0.29) is 18.0 Å². The van der Waals surface area contributed by atoms with Crippen LogP contribution in [-0.4, -0.2) is 38.0 Å². The van der Waals surface area contributed by atoms with Crippen molar-refractivity contribution in [1.29, 1.82) is 0 Å². The third-order valence-corrected chi connectivity index (χ3v) is 5.28. The Hall–Kier alpha value is -2.48. The summed E-state index contributed by atoms with van der Waals surface area (Å²) in [6.07, 6.45) is 2.86. The number of thiazole rings is 1. The van der Waals surface area contributed by atoms with Gasteiger partial charge in [-0.3, -0.25) is 9.59 Å². The Balaban J connectivity index is 2.05. The molecule has 7 nitrogen and oxygen atoms in total. The van der Waals surface area contributed by atoms with Crippen LogP contribution in [0.2, 0.25) is 0 Å². The number of carbonyl (C=O) groups excluding carboxylic acids is 1. The molecule has 1 N–H and O–H groups in total. The zero-order chi connectivity index (χ0) is 18.1. The number of nitrogens with zero attached hydrogens (tertiary/aromatic N) is 3. The van der Waals surface area contributed by atoms with Crippen LogP contribution >= 0.6 is 11.3 Å². The van der Waals surface area contributed by atoms with Crippen molar-refractivity contribution in [3.05, 3.63) is 49.3 Å². The van der Waals surface area contributed by atoms with Gasteiger partial charge in [0.1, 0.15) is 10.6 Å². The molecule has 2 aromatic rings. The molecule has 0 bridgehead atoms. The summed E-state index contributed by atoms with van der Waals surface area (Å²) in [5.74, 6) is -1.28. The molecule has 25 heavy (non-hydrogen) atoms. The molecule has 1 amide bonds. The van der Waals surface area contributed by atoms with E-state index in [2.05, 4.69) is 4.98 Å². The van der Waals surface area contributed by atoms with Crippen LogP contribution in [0.1, 0.15) is 46.0 Å². The van der Waals surface area contributed by atoms with Gasteiger partial charge in [0.25, 0.3) is 5.56 Å². The summed E-state index contributed by atoms with van der Waals surface area (Å²) in [5.41, 5.74) is 1.50. The van der Waals surface area contributed by atoms with Crippen molar-refractivity contribution in [2.75, 3.05) is 6.54 Å². The summed E-state index contributed by atoms with van der Waals surface area (Å²) in [4.78, 5) is 42.0. The second kappa shape index (κ2) is 6.79. The lowest BCUT2D eigenvalue weighted by atomic mass is 9.96. The number of pyridine rings is 1. The minimum atomic E-state index is -1.22. The number of hydrogen-bond donors (Lipinski definition) is 1. The summed E-state index contributed by atoms with van der Waals surface area (Å²) < 4.78 is 1.39. The highest BCUT2D eigenvalue weighted by atomic mass is 32.1. The molecule has 0 aliphatic carbocycles. The average Bonchev–Trinajstić information content (AvgIpc) is 3.02. The van der Waals surface area contributed by atoms with Crippen LogP contribution in [0.4, 0.5) is 0 Å². The van der Waals surface area contributed by atoms with E-state index in [1.165, 1.54) is 22.8 Å². The lowest BCUT2D eigenvalue weighted by molar-refractivity contribution is -0.129. The number of carboxylic acids is 1. The molecule has 3 rings (SSSR count). The topological polar surface area (TPSA) is 92.5 Å². The zero-order valence-corrected chi connectivity index (χ0v) is 14.9. The molecule has 0 atom stereocenters. The molecule has 1 aliphatic rings. The first-order valence-electron chi connectivity index (χ1n) is 8.08. The van der Waals surface area contributed by atoms with E-state index in [9.17, 15) is 19.5 Å². The molecular formula is C17H19N3O4S. The van der Waals surface area contributed by atoms with Crippen LogP contribution < -0.4 is 5.56 Å². The maximum atomic E-state index is 12.7. The number of carboxylic acid groups (broad SMARTS) is 1. The first kappa shape index (κ1) is 17.3. The number of aryl methyl sites for hydroxylation is 1. The van der Waals surface area contributed by atoms with Gasteiger partial charge in [-0.05, 0) is 24.0 Å². The zero-order valence-electron chi connectivity index (χ0n) is 14.1. The van der Waals surface area contributed by atoms with Crippen molar-refractivity contribution < 1.29 is 14.7 Å². The van der Waals surface area contributed by atoms with E-state index in [1.807, 2.05) is 12.3 Å². The van der Waals surface area contributed by atoms with Crippen LogP contribution in [0.25, 0.3) is 0 Å². The molecular weight excluding hydrogens is 342 g/mol. The van der Waals surface area contributed by atoms with Crippen molar-refractivity contribution in [3.8, 4) is 0 Å². The standard InChI is InChI=1S/C17H19N3O4S/c1-3-12-9-25-14(18-12)8-20-7-11-6-19(10(2)21)5-4-13(11)15(16(20)22)17(23)24/h7,9H,3-6,8H2,1-2H3,(H,23,24). The quantitative estimate of drug-likeness (QED) is 0.891. The first-order chi connectivity index (χ1) is 11.9. The van der Waals surface area contributed by atoms with E-state index in [0.29, 0.717) is 30.6 Å². The average molecular weight is 361 g/mol. The highest BCUT2D eigenvalue weighted by molar-refractivity contribution is 7.09. The normalized spacial score (nSPS) is 13.6. The molecule has 0 fully saturated rings. The molecule has 0 saturated carbocycles. The van der Waals surface area contributed by atoms with Crippen LogP contribution in [-0.2, 0) is 30.7 Å². The first-order valence-corrected chi connectivity index (χ1v) is 8.96. The Morgan fingerprint density at radius 1 is 1.40 bits per heavy atom. The Labute approximate surface area is 148 Å². The van der Waals surface area contributed by atoms with E-state index >= 15 is 0 Å². The molecule has 2 aromatic heterocycles. The van der Waals surface area contributed by atoms with Gasteiger partial charge in [0.15, 0.2) is 0 Å². The predicted octanol–water partition coefficient (Wildman–Crippen LogP) is 1.52. The van der Waals surface area contributed by atoms with E-state index in [4.69, 9.17) is 0 Å². The van der Waals surface area contributed by atoms with E-state index < -0.39 is 11.5 Å². The van der Waals surface area contributed by atoms with Gasteiger partial charge in [0.05, 0.1) is 12.2 Å². The van der Waals surface area contributed by atoms with Gasteiger partial charge < -0.3 is 14.6 Å². The summed E-state index contributed by atoms with van der Waals surface area (Å²) in [6.45, 7) is 4.47. The van der Waals surface area contributed by atoms with Crippen LogP contribution in [0.15, 0.2) is 16.4 Å². The third-order valence-electron chi connectivity index (χ3n) is 4.40. The minimum Gasteiger partial charge on any atom is -0.477 e. The molecule has 0 unspecified atom stereocenters. The predicted molar refractivity (Wildman–Crippen MR) is 93.1 cm³/mol. The third kappa shape index (κ3) is 3.34. The molecule has 3 heterocycles. The molecule has 0 radical (unpaired) electrons. The summed E-state index contributed by atoms with van der Waals surface area (Å²) in [5, 5.41) is 12.2. The Kier molecular flexibility index (Phi) is 4.71. The van der Waals surface area contributed by atoms with Gasteiger partial charge in [-0.25, -0.2) is 9.78 Å². The fourth-order valence-corrected chi connectivity index (χ4v) is 3.92. The molecule has 0 saturated heterocycles. The summed E-state index contributed by atoms with van der Waals surface area (Å²) >= 11 is 1.45. The van der Waals surface area contributed by atoms with Gasteiger partial charge >= 0.3 is 5.97 Å². The smallest absolute Gasteiger partial charge is 0.341 e. The largest absolute Gasteiger partial charge is 0.477 e. The van der Waals surface area contributed by atoms with Crippen LogP contribution in [0.3, 0.4) is 0 Å². The number of fused-ring (bicyclic) bond motifs is 1. The molecule has 1 aliphatic heterocycles. The lowest BCUT2D eigenvalue weighted by Gasteiger charge is -2.29. The van der Waals surface area contributed by atoms with Gasteiger partial charge in [0, 0.05) is 31.6 Å². The summed E-state index contributed by atoms with van der Waals surface area (Å²) in [6, 6.07) is 0. The maximum Gasteiger partial charge on any atom is 0.341 e. The lowest BCUT2D eigenvalue weighted by Crippen LogP contribution is -2.38. The van der Waals surface area contributed by atoms with E-state index in [0.717, 1.165) is 17.1 Å². The fraction of sp³-hybridized carbons (Fsp3) is 0.412. The number of carbonyl (C=O) groups is 2. The maximum absolute atomic E-state index is 12.7. The minimum absolute atomic E-state index is 0.0622. The molecule has 0 spiro atoms. The van der Waals surface area contributed by atoms with Crippen molar-refractivity contribution in [2.45, 2.75) is 39.8 Å². The summed E-state index contributed by atoms with van der Waals surface area (Å²) in [7, 11) is 0. The van der Waals surface area contributed by atoms with Gasteiger partial charge in [0.2, 0.25) is 5.91 Å². The SMILES string of the molecule is CCc1csc(Cn2cc3c(c(C(=O)O)c2=O)CCN(C(C)=O)C3)n1. The van der Waals surface area contributed by atoms with Crippen molar-refractivity contribution in [2.24, 2.45) is 0 Å². The van der Waals surface area contributed by atoms with Crippen molar-refractivity contribution in [3.63, 3.8) is 0 Å². The number of rotatable bonds is 4. The second-order valence-electron chi connectivity index (χ2n) is 6.02. The number of hydrogen-bond acceptors (Lipinski definition) is 5. The van der Waals surface area contributed by atoms with Gasteiger partial charge in [-0.15, -0.1) is 11.3 Å². The van der Waals surface area contributed by atoms with E-state index in [1.54, 1.807) is 11.1 Å². The second-order valence-corrected chi connectivity index (χ2v) is 6.97. The monoisotopic (exact) mass is 361 g/mol. The molecule has 0 aromatic carbocycles. The number of amides is 1. The molecule has 8 heteroatoms.